The van der Waals surface area contributed by atoms with Crippen LogP contribution in [-0.4, -0.2) is 14.7 Å². The molecule has 5 nitrogen and oxygen atoms in total. The smallest absolute Gasteiger partial charge is 0.174 e. The van der Waals surface area contributed by atoms with Gasteiger partial charge in [-0.15, -0.1) is 0 Å². The first kappa shape index (κ1) is 23.0. The van der Waals surface area contributed by atoms with Crippen LogP contribution in [0.3, 0.4) is 0 Å². The molecule has 1 saturated heterocycles. The van der Waals surface area contributed by atoms with Gasteiger partial charge in [0.05, 0.1) is 17.8 Å². The number of ether oxygens (including phenoxy) is 1. The molecule has 37 heavy (non-hydrogen) atoms. The molecule has 2 atom stereocenters. The van der Waals surface area contributed by atoms with Gasteiger partial charge in [0.15, 0.2) is 5.11 Å². The summed E-state index contributed by atoms with van der Waals surface area (Å²) in [5.74, 6) is 1.59. The largest absolute Gasteiger partial charge is 0.457 e. The summed E-state index contributed by atoms with van der Waals surface area (Å²) in [7, 11) is 0. The lowest BCUT2D eigenvalue weighted by atomic mass is 9.98. The summed E-state index contributed by atoms with van der Waals surface area (Å²) in [6.07, 6.45) is 6.10. The lowest BCUT2D eigenvalue weighted by molar-refractivity contribution is 0.482. The number of nitrogens with zero attached hydrogens (tertiary/aromatic N) is 3. The van der Waals surface area contributed by atoms with Crippen molar-refractivity contribution in [1.29, 1.82) is 0 Å². The Kier molecular flexibility index (Phi) is 6.16. The van der Waals surface area contributed by atoms with Crippen LogP contribution in [0.4, 0.5) is 5.69 Å². The monoisotopic (exact) mass is 502 g/mol. The van der Waals surface area contributed by atoms with Gasteiger partial charge < -0.3 is 19.5 Å². The van der Waals surface area contributed by atoms with Crippen LogP contribution < -0.4 is 15.0 Å². The molecule has 3 aromatic carbocycles. The van der Waals surface area contributed by atoms with Crippen molar-refractivity contribution in [3.63, 3.8) is 0 Å². The fraction of sp³-hybridized carbons (Fsp3) is 0.0968. The van der Waals surface area contributed by atoms with Crippen LogP contribution >= 0.6 is 12.2 Å². The van der Waals surface area contributed by atoms with Crippen LogP contribution in [0.2, 0.25) is 0 Å². The molecule has 0 bridgehead atoms. The van der Waals surface area contributed by atoms with E-state index in [4.69, 9.17) is 17.0 Å². The Balaban J connectivity index is 1.34. The van der Waals surface area contributed by atoms with Crippen molar-refractivity contribution in [3.8, 4) is 17.2 Å². The van der Waals surface area contributed by atoms with Gasteiger partial charge in [-0.2, -0.15) is 0 Å². The van der Waals surface area contributed by atoms with Crippen LogP contribution in [0.1, 0.15) is 28.9 Å². The number of hydrogen-bond acceptors (Lipinski definition) is 3. The highest BCUT2D eigenvalue weighted by Gasteiger charge is 2.41. The number of nitrogens with one attached hydrogen (secondary N) is 1. The van der Waals surface area contributed by atoms with E-state index in [9.17, 15) is 0 Å². The molecular weight excluding hydrogens is 476 g/mol. The second kappa shape index (κ2) is 9.91. The van der Waals surface area contributed by atoms with E-state index in [1.165, 1.54) is 5.56 Å². The molecule has 1 aliphatic heterocycles. The maximum Gasteiger partial charge on any atom is 0.174 e. The molecule has 0 saturated carbocycles. The zero-order valence-corrected chi connectivity index (χ0v) is 21.2. The average molecular weight is 503 g/mol. The highest BCUT2D eigenvalue weighted by molar-refractivity contribution is 7.80. The molecule has 1 aliphatic rings. The summed E-state index contributed by atoms with van der Waals surface area (Å²) < 4.78 is 8.19. The molecule has 0 amide bonds. The van der Waals surface area contributed by atoms with Crippen molar-refractivity contribution < 1.29 is 4.74 Å². The number of aromatic nitrogens is 2. The van der Waals surface area contributed by atoms with Gasteiger partial charge in [0, 0.05) is 30.0 Å². The molecule has 182 valence electrons. The molecule has 0 aliphatic carbocycles. The number of rotatable bonds is 6. The second-order valence-corrected chi connectivity index (χ2v) is 9.48. The molecule has 6 heteroatoms. The van der Waals surface area contributed by atoms with E-state index in [-0.39, 0.29) is 12.1 Å². The first-order chi connectivity index (χ1) is 18.2. The van der Waals surface area contributed by atoms with Gasteiger partial charge in [0.25, 0.3) is 0 Å². The van der Waals surface area contributed by atoms with E-state index in [1.54, 1.807) is 0 Å². The number of pyridine rings is 1. The molecule has 1 N–H and O–H groups in total. The molecule has 0 unspecified atom stereocenters. The zero-order chi connectivity index (χ0) is 25.2. The number of anilines is 1. The molecule has 3 heterocycles. The Morgan fingerprint density at radius 2 is 1.49 bits per heavy atom. The van der Waals surface area contributed by atoms with E-state index in [1.807, 2.05) is 79.0 Å². The van der Waals surface area contributed by atoms with Gasteiger partial charge in [-0.1, -0.05) is 42.0 Å². The van der Waals surface area contributed by atoms with Crippen molar-refractivity contribution in [2.75, 3.05) is 4.90 Å². The molecule has 1 fully saturated rings. The Bertz CT molecular complexity index is 1500. The number of para-hydroxylation sites is 1. The third-order valence-corrected chi connectivity index (χ3v) is 6.90. The maximum atomic E-state index is 6.05. The third-order valence-electron chi connectivity index (χ3n) is 6.58. The summed E-state index contributed by atoms with van der Waals surface area (Å²) in [6, 6.07) is 34.4. The summed E-state index contributed by atoms with van der Waals surface area (Å²) >= 11 is 5.88. The Hall–Kier alpha value is -4.42. The number of benzene rings is 3. The average Bonchev–Trinajstić information content (AvgIpc) is 3.56. The van der Waals surface area contributed by atoms with Gasteiger partial charge in [-0.05, 0) is 91.4 Å². The minimum absolute atomic E-state index is 0.0729. The van der Waals surface area contributed by atoms with Gasteiger partial charge >= 0.3 is 0 Å². The van der Waals surface area contributed by atoms with Crippen LogP contribution in [0.15, 0.2) is 122 Å². The first-order valence-electron chi connectivity index (χ1n) is 12.2. The first-order valence-corrected chi connectivity index (χ1v) is 12.6. The predicted molar refractivity (Wildman–Crippen MR) is 151 cm³/mol. The molecule has 6 rings (SSSR count). The number of aryl methyl sites for hydroxylation is 1. The van der Waals surface area contributed by atoms with Crippen molar-refractivity contribution >= 4 is 23.0 Å². The van der Waals surface area contributed by atoms with Crippen LogP contribution in [-0.2, 0) is 0 Å². The quantitative estimate of drug-likeness (QED) is 0.250. The van der Waals surface area contributed by atoms with Gasteiger partial charge in [0.1, 0.15) is 11.5 Å². The van der Waals surface area contributed by atoms with E-state index in [0.29, 0.717) is 5.11 Å². The Morgan fingerprint density at radius 1 is 0.784 bits per heavy atom. The summed E-state index contributed by atoms with van der Waals surface area (Å²) in [4.78, 5) is 6.83. The lowest BCUT2D eigenvalue weighted by Gasteiger charge is -2.27. The van der Waals surface area contributed by atoms with E-state index >= 15 is 0 Å². The lowest BCUT2D eigenvalue weighted by Crippen LogP contribution is -2.29. The number of hydrogen-bond donors (Lipinski definition) is 1. The van der Waals surface area contributed by atoms with Crippen LogP contribution in [0.5, 0.6) is 11.5 Å². The summed E-state index contributed by atoms with van der Waals surface area (Å²) in [6.45, 7) is 2.06. The summed E-state index contributed by atoms with van der Waals surface area (Å²) in [5.41, 5.74) is 5.40. The Morgan fingerprint density at radius 3 is 2.19 bits per heavy atom. The highest BCUT2D eigenvalue weighted by Crippen LogP contribution is 2.42. The zero-order valence-electron chi connectivity index (χ0n) is 20.4. The normalized spacial score (nSPS) is 17.0. The highest BCUT2D eigenvalue weighted by atomic mass is 32.1. The van der Waals surface area contributed by atoms with Gasteiger partial charge in [-0.25, -0.2) is 0 Å². The van der Waals surface area contributed by atoms with Crippen molar-refractivity contribution in [3.05, 3.63) is 139 Å². The fourth-order valence-electron chi connectivity index (χ4n) is 4.74. The van der Waals surface area contributed by atoms with Crippen molar-refractivity contribution in [1.82, 2.24) is 14.9 Å². The molecule has 0 radical (unpaired) electrons. The van der Waals surface area contributed by atoms with E-state index < -0.39 is 0 Å². The van der Waals surface area contributed by atoms with E-state index in [2.05, 4.69) is 69.4 Å². The number of thiocarbonyl (C=S) groups is 1. The van der Waals surface area contributed by atoms with E-state index in [0.717, 1.165) is 34.1 Å². The third kappa shape index (κ3) is 4.71. The topological polar surface area (TPSA) is 42.3 Å². The second-order valence-electron chi connectivity index (χ2n) is 9.09. The molecule has 5 aromatic rings. The minimum atomic E-state index is -0.0937. The van der Waals surface area contributed by atoms with Crippen molar-refractivity contribution in [2.45, 2.75) is 19.0 Å². The van der Waals surface area contributed by atoms with Crippen LogP contribution in [0.25, 0.3) is 5.69 Å². The molecule has 2 aromatic heterocycles. The van der Waals surface area contributed by atoms with Gasteiger partial charge in [-0.3, -0.25) is 4.98 Å². The fourth-order valence-corrected chi connectivity index (χ4v) is 5.08. The van der Waals surface area contributed by atoms with Crippen molar-refractivity contribution in [2.24, 2.45) is 0 Å². The van der Waals surface area contributed by atoms with Gasteiger partial charge in [0.2, 0.25) is 0 Å². The maximum absolute atomic E-state index is 6.05. The predicted octanol–water partition coefficient (Wildman–Crippen LogP) is 7.15. The Labute approximate surface area is 222 Å². The SMILES string of the molecule is Cc1ccc(Oc2ccc(N3C(=S)N[C@H](c4ccccn4)[C@@H]3c3ccn(-c4ccccc4)c3)cc2)cc1. The summed E-state index contributed by atoms with van der Waals surface area (Å²) in [5, 5.41) is 4.20. The van der Waals surface area contributed by atoms with Crippen LogP contribution in [0, 0.1) is 6.92 Å². The minimum Gasteiger partial charge on any atom is -0.457 e. The molecular formula is C31H26N4OS. The molecule has 0 spiro atoms. The standard InChI is InChI=1S/C31H26N4OS/c1-22-10-14-26(15-11-22)36-27-16-12-25(13-17-27)35-30(29(33-31(35)37)28-9-5-6-19-32-28)23-18-20-34(21-23)24-7-3-2-4-8-24/h2-21,29-30H,1H3,(H,33,37)/t29-,30+/m1/s1.